The third-order valence-corrected chi connectivity index (χ3v) is 5.62. The molecule has 0 atom stereocenters. The van der Waals surface area contributed by atoms with Crippen molar-refractivity contribution in [1.82, 2.24) is 9.97 Å². The molecule has 186 valence electrons. The Morgan fingerprint density at radius 2 is 1.81 bits per heavy atom. The van der Waals surface area contributed by atoms with Gasteiger partial charge >= 0.3 is 12.1 Å². The van der Waals surface area contributed by atoms with Gasteiger partial charge in [-0.25, -0.2) is 9.78 Å². The highest BCUT2D eigenvalue weighted by Gasteiger charge is 2.30. The van der Waals surface area contributed by atoms with Crippen molar-refractivity contribution in [3.05, 3.63) is 83.2 Å². The first-order chi connectivity index (χ1) is 17.1. The molecule has 36 heavy (non-hydrogen) atoms. The topological polar surface area (TPSA) is 91.1 Å². The van der Waals surface area contributed by atoms with Crippen molar-refractivity contribution < 1.29 is 22.7 Å². The lowest BCUT2D eigenvalue weighted by atomic mass is 10.1. The van der Waals surface area contributed by atoms with Crippen LogP contribution in [0.1, 0.15) is 27.2 Å². The van der Waals surface area contributed by atoms with E-state index in [0.717, 1.165) is 34.3 Å². The number of carbonyl (C=O) groups excluding carboxylic acids is 1. The second-order valence-corrected chi connectivity index (χ2v) is 8.40. The number of rotatable bonds is 6. The van der Waals surface area contributed by atoms with Crippen LogP contribution in [0.3, 0.4) is 0 Å². The predicted molar refractivity (Wildman–Crippen MR) is 137 cm³/mol. The van der Waals surface area contributed by atoms with Crippen LogP contribution in [-0.4, -0.2) is 28.2 Å². The number of aromatic amines is 1. The minimum Gasteiger partial charge on any atom is -0.464 e. The number of hydrogen-bond acceptors (Lipinski definition) is 5. The molecule has 11 heteroatoms. The molecule has 0 aliphatic heterocycles. The highest BCUT2D eigenvalue weighted by molar-refractivity contribution is 7.80. The highest BCUT2D eigenvalue weighted by atomic mass is 32.1. The number of pyridine rings is 1. The summed E-state index contributed by atoms with van der Waals surface area (Å²) in [6.07, 6.45) is -2.78. The van der Waals surface area contributed by atoms with E-state index in [-0.39, 0.29) is 10.8 Å². The molecule has 2 aromatic heterocycles. The standard InChI is InChI=1S/C25H22F3N5O2S/c1-14-6-7-19(32-24(36)31-18-5-3-4-17(11-18)25(26,27)28)9-16(14)12-29-20-8-15-10-21(23(34)35-2)33-22(15)30-13-20/h3-11,13,29H,12H2,1-2H3,(H,30,33)(H2,31,32,36). The summed E-state index contributed by atoms with van der Waals surface area (Å²) in [5.74, 6) is -0.470. The van der Waals surface area contributed by atoms with Crippen LogP contribution in [0.15, 0.2) is 60.8 Å². The maximum absolute atomic E-state index is 12.9. The first kappa shape index (κ1) is 25.0. The molecule has 4 N–H and O–H groups in total. The van der Waals surface area contributed by atoms with Gasteiger partial charge in [-0.15, -0.1) is 0 Å². The molecule has 2 heterocycles. The molecule has 7 nitrogen and oxygen atoms in total. The number of halogens is 3. The van der Waals surface area contributed by atoms with E-state index >= 15 is 0 Å². The van der Waals surface area contributed by atoms with Gasteiger partial charge in [0.1, 0.15) is 11.3 Å². The van der Waals surface area contributed by atoms with E-state index in [0.29, 0.717) is 23.6 Å². The second-order valence-electron chi connectivity index (χ2n) is 7.99. The molecule has 0 fully saturated rings. The number of thiocarbonyl (C=S) groups is 1. The highest BCUT2D eigenvalue weighted by Crippen LogP contribution is 2.30. The number of esters is 1. The van der Waals surface area contributed by atoms with Gasteiger partial charge in [0.25, 0.3) is 0 Å². The van der Waals surface area contributed by atoms with Crippen LogP contribution in [-0.2, 0) is 17.5 Å². The van der Waals surface area contributed by atoms with Crippen molar-refractivity contribution in [2.24, 2.45) is 0 Å². The zero-order chi connectivity index (χ0) is 25.9. The Labute approximate surface area is 210 Å². The number of anilines is 3. The number of benzene rings is 2. The second kappa shape index (κ2) is 10.2. The molecule has 0 spiro atoms. The van der Waals surface area contributed by atoms with Crippen LogP contribution in [0.2, 0.25) is 0 Å². The maximum Gasteiger partial charge on any atom is 0.416 e. The summed E-state index contributed by atoms with van der Waals surface area (Å²) in [5, 5.41) is 10.0. The van der Waals surface area contributed by atoms with Gasteiger partial charge in [-0.3, -0.25) is 0 Å². The van der Waals surface area contributed by atoms with Gasteiger partial charge in [-0.05, 0) is 72.7 Å². The van der Waals surface area contributed by atoms with E-state index < -0.39 is 17.7 Å². The van der Waals surface area contributed by atoms with Crippen LogP contribution in [0, 0.1) is 6.92 Å². The Hall–Kier alpha value is -4.12. The number of fused-ring (bicyclic) bond motifs is 1. The molecule has 2 aromatic carbocycles. The summed E-state index contributed by atoms with van der Waals surface area (Å²) in [6, 6.07) is 14.0. The largest absolute Gasteiger partial charge is 0.464 e. The number of alkyl halides is 3. The van der Waals surface area contributed by atoms with Crippen LogP contribution < -0.4 is 16.0 Å². The number of ether oxygens (including phenoxy) is 1. The molecule has 4 rings (SSSR count). The van der Waals surface area contributed by atoms with Gasteiger partial charge in [0.2, 0.25) is 0 Å². The number of carbonyl (C=O) groups is 1. The van der Waals surface area contributed by atoms with Crippen molar-refractivity contribution in [2.75, 3.05) is 23.1 Å². The molecular weight excluding hydrogens is 491 g/mol. The van der Waals surface area contributed by atoms with Crippen molar-refractivity contribution in [2.45, 2.75) is 19.6 Å². The Morgan fingerprint density at radius 3 is 2.53 bits per heavy atom. The molecule has 0 radical (unpaired) electrons. The molecule has 0 saturated carbocycles. The van der Waals surface area contributed by atoms with E-state index in [2.05, 4.69) is 25.9 Å². The van der Waals surface area contributed by atoms with Gasteiger partial charge in [-0.2, -0.15) is 13.2 Å². The van der Waals surface area contributed by atoms with Crippen molar-refractivity contribution in [3.63, 3.8) is 0 Å². The first-order valence-electron chi connectivity index (χ1n) is 10.8. The number of aryl methyl sites for hydroxylation is 1. The SMILES string of the molecule is COC(=O)c1cc2cc(NCc3cc(NC(=S)Nc4cccc(C(F)(F)F)c4)ccc3C)cnc2[nH]1. The van der Waals surface area contributed by atoms with Gasteiger partial charge < -0.3 is 25.7 Å². The van der Waals surface area contributed by atoms with Gasteiger partial charge in [0, 0.05) is 23.3 Å². The molecule has 0 unspecified atom stereocenters. The lowest BCUT2D eigenvalue weighted by Crippen LogP contribution is -2.19. The van der Waals surface area contributed by atoms with E-state index in [1.54, 1.807) is 12.3 Å². The fourth-order valence-corrected chi connectivity index (χ4v) is 3.77. The fourth-order valence-electron chi connectivity index (χ4n) is 3.54. The molecule has 0 amide bonds. The summed E-state index contributed by atoms with van der Waals surface area (Å²) in [5.41, 5.74) is 3.83. The Morgan fingerprint density at radius 1 is 1.06 bits per heavy atom. The molecule has 4 aromatic rings. The molecule has 0 aliphatic rings. The average Bonchev–Trinajstić information content (AvgIpc) is 3.27. The summed E-state index contributed by atoms with van der Waals surface area (Å²) in [7, 11) is 1.31. The van der Waals surface area contributed by atoms with Crippen molar-refractivity contribution in [3.8, 4) is 0 Å². The third kappa shape index (κ3) is 5.92. The molecular formula is C25H22F3N5O2S. The summed E-state index contributed by atoms with van der Waals surface area (Å²) >= 11 is 5.28. The Bertz CT molecular complexity index is 1430. The summed E-state index contributed by atoms with van der Waals surface area (Å²) < 4.78 is 43.6. The van der Waals surface area contributed by atoms with Crippen molar-refractivity contribution >= 4 is 51.4 Å². The van der Waals surface area contributed by atoms with Gasteiger partial charge in [0.15, 0.2) is 5.11 Å². The van der Waals surface area contributed by atoms with Gasteiger partial charge in [0.05, 0.1) is 24.6 Å². The van der Waals surface area contributed by atoms with E-state index in [1.165, 1.54) is 19.2 Å². The monoisotopic (exact) mass is 513 g/mol. The minimum atomic E-state index is -4.43. The Balaban J connectivity index is 1.41. The average molecular weight is 514 g/mol. The van der Waals surface area contributed by atoms with E-state index in [1.807, 2.05) is 31.2 Å². The van der Waals surface area contributed by atoms with E-state index in [4.69, 9.17) is 17.0 Å². The number of H-pyrrole nitrogens is 1. The minimum absolute atomic E-state index is 0.167. The van der Waals surface area contributed by atoms with Gasteiger partial charge in [-0.1, -0.05) is 12.1 Å². The number of aromatic nitrogens is 2. The van der Waals surface area contributed by atoms with E-state index in [9.17, 15) is 18.0 Å². The molecule has 0 saturated heterocycles. The number of nitrogens with one attached hydrogen (secondary N) is 4. The first-order valence-corrected chi connectivity index (χ1v) is 11.2. The van der Waals surface area contributed by atoms with Crippen molar-refractivity contribution in [1.29, 1.82) is 0 Å². The zero-order valence-electron chi connectivity index (χ0n) is 19.3. The van der Waals surface area contributed by atoms with Crippen LogP contribution in [0.25, 0.3) is 11.0 Å². The smallest absolute Gasteiger partial charge is 0.416 e. The maximum atomic E-state index is 12.9. The fraction of sp³-hybridized carbons (Fsp3) is 0.160. The third-order valence-electron chi connectivity index (χ3n) is 5.41. The van der Waals surface area contributed by atoms with Crippen LogP contribution >= 0.6 is 12.2 Å². The lowest BCUT2D eigenvalue weighted by molar-refractivity contribution is -0.137. The lowest BCUT2D eigenvalue weighted by Gasteiger charge is -2.15. The number of nitrogens with zero attached hydrogens (tertiary/aromatic N) is 1. The van der Waals surface area contributed by atoms with Crippen LogP contribution in [0.5, 0.6) is 0 Å². The quantitative estimate of drug-likeness (QED) is 0.183. The molecule has 0 bridgehead atoms. The number of hydrogen-bond donors (Lipinski definition) is 4. The predicted octanol–water partition coefficient (Wildman–Crippen LogP) is 6.10. The normalized spacial score (nSPS) is 11.2. The molecule has 0 aliphatic carbocycles. The Kier molecular flexibility index (Phi) is 7.11. The van der Waals surface area contributed by atoms with Crippen LogP contribution in [0.4, 0.5) is 30.2 Å². The summed E-state index contributed by atoms with van der Waals surface area (Å²) in [4.78, 5) is 19.0. The summed E-state index contributed by atoms with van der Waals surface area (Å²) in [6.45, 7) is 2.45. The zero-order valence-corrected chi connectivity index (χ0v) is 20.1. The number of methoxy groups -OCH3 is 1.